The molecule has 0 atom stereocenters. The monoisotopic (exact) mass is 158 g/mol. The lowest BCUT2D eigenvalue weighted by Crippen LogP contribution is -1.97. The first-order valence-electron chi connectivity index (χ1n) is 3.70. The van der Waals surface area contributed by atoms with Gasteiger partial charge in [0.15, 0.2) is 0 Å². The molecule has 1 N–H and O–H groups in total. The van der Waals surface area contributed by atoms with Crippen molar-refractivity contribution in [3.63, 3.8) is 0 Å². The van der Waals surface area contributed by atoms with Crippen LogP contribution < -0.4 is 5.32 Å². The van der Waals surface area contributed by atoms with Gasteiger partial charge in [-0.3, -0.25) is 4.98 Å². The van der Waals surface area contributed by atoms with Crippen molar-refractivity contribution in [1.29, 1.82) is 0 Å². The molecule has 4 heteroatoms. The van der Waals surface area contributed by atoms with Crippen molar-refractivity contribution in [2.45, 2.75) is 0 Å². The zero-order valence-corrected chi connectivity index (χ0v) is 6.23. The number of nitrogens with zero attached hydrogens (tertiary/aromatic N) is 3. The average molecular weight is 158 g/mol. The van der Waals surface area contributed by atoms with Gasteiger partial charge >= 0.3 is 0 Å². The van der Waals surface area contributed by atoms with Crippen LogP contribution in [-0.2, 0) is 0 Å². The molecule has 0 aliphatic carbocycles. The second kappa shape index (κ2) is 1.85. The predicted octanol–water partition coefficient (Wildman–Crippen LogP) is 1.13. The molecule has 0 spiro atoms. The van der Waals surface area contributed by atoms with Gasteiger partial charge in [0.2, 0.25) is 0 Å². The van der Waals surface area contributed by atoms with E-state index >= 15 is 0 Å². The normalized spacial score (nSPS) is 13.3. The molecule has 2 aromatic rings. The molecular weight excluding hydrogens is 152 g/mol. The van der Waals surface area contributed by atoms with Gasteiger partial charge < -0.3 is 5.32 Å². The second-order valence-electron chi connectivity index (χ2n) is 2.64. The minimum absolute atomic E-state index is 0.962. The Hall–Kier alpha value is -1.84. The Morgan fingerprint density at radius 3 is 3.42 bits per heavy atom. The topological polar surface area (TPSA) is 42.2 Å². The number of aromatic nitrogens is 3. The molecule has 58 valence electrons. The third-order valence-corrected chi connectivity index (χ3v) is 1.94. The van der Waals surface area contributed by atoms with Crippen LogP contribution in [0.5, 0.6) is 0 Å². The largest absolute Gasteiger partial charge is 0.358 e. The van der Waals surface area contributed by atoms with Crippen LogP contribution >= 0.6 is 0 Å². The van der Waals surface area contributed by atoms with E-state index in [1.165, 1.54) is 0 Å². The van der Waals surface area contributed by atoms with Gasteiger partial charge in [-0.1, -0.05) is 0 Å². The molecule has 3 rings (SSSR count). The molecule has 0 unspecified atom stereocenters. The van der Waals surface area contributed by atoms with Gasteiger partial charge in [-0.2, -0.15) is 5.10 Å². The summed E-state index contributed by atoms with van der Waals surface area (Å²) in [5.41, 5.74) is 3.02. The summed E-state index contributed by atoms with van der Waals surface area (Å²) in [5, 5.41) is 7.27. The van der Waals surface area contributed by atoms with E-state index in [1.807, 2.05) is 23.0 Å². The van der Waals surface area contributed by atoms with Crippen molar-refractivity contribution in [2.75, 3.05) is 5.32 Å². The first-order valence-corrected chi connectivity index (χ1v) is 3.70. The fourth-order valence-electron chi connectivity index (χ4n) is 1.41. The maximum absolute atomic E-state index is 4.22. The van der Waals surface area contributed by atoms with E-state index in [0.717, 1.165) is 16.9 Å². The summed E-state index contributed by atoms with van der Waals surface area (Å²) in [6.07, 6.45) is 9.18. The van der Waals surface area contributed by atoms with Crippen LogP contribution in [0.4, 0.5) is 5.69 Å². The summed E-state index contributed by atoms with van der Waals surface area (Å²) in [6.45, 7) is 0. The highest BCUT2D eigenvalue weighted by atomic mass is 15.2. The molecule has 0 bridgehead atoms. The quantitative estimate of drug-likeness (QED) is 0.624. The maximum Gasteiger partial charge on any atom is 0.115 e. The van der Waals surface area contributed by atoms with Crippen LogP contribution in [0.25, 0.3) is 11.6 Å². The van der Waals surface area contributed by atoms with E-state index in [-0.39, 0.29) is 0 Å². The Bertz CT molecular complexity index is 469. The summed E-state index contributed by atoms with van der Waals surface area (Å²) < 4.78 is 1.81. The SMILES string of the molecule is C1=Cc2nccn3ncc(c23)N1. The standard InChI is InChI=1S/C8H6N4/c1-2-9-7-5-11-12-4-3-10-6(1)8(7)12/h1-5,9H. The molecule has 0 saturated heterocycles. The first-order chi connectivity index (χ1) is 5.95. The molecule has 0 amide bonds. The fourth-order valence-corrected chi connectivity index (χ4v) is 1.41. The van der Waals surface area contributed by atoms with E-state index in [1.54, 1.807) is 12.4 Å². The molecule has 0 saturated carbocycles. The average Bonchev–Trinajstić information content (AvgIpc) is 2.52. The van der Waals surface area contributed by atoms with Crippen molar-refractivity contribution in [3.8, 4) is 0 Å². The number of rotatable bonds is 0. The predicted molar refractivity (Wildman–Crippen MR) is 45.6 cm³/mol. The minimum Gasteiger partial charge on any atom is -0.358 e. The lowest BCUT2D eigenvalue weighted by Gasteiger charge is -2.05. The third kappa shape index (κ3) is 0.567. The Labute approximate surface area is 68.5 Å². The van der Waals surface area contributed by atoms with Gasteiger partial charge in [-0.15, -0.1) is 0 Å². The molecule has 0 aromatic carbocycles. The first kappa shape index (κ1) is 5.77. The van der Waals surface area contributed by atoms with Gasteiger partial charge in [-0.05, 0) is 6.08 Å². The highest BCUT2D eigenvalue weighted by Crippen LogP contribution is 2.23. The number of hydrogen-bond donors (Lipinski definition) is 1. The molecule has 0 radical (unpaired) electrons. The Morgan fingerprint density at radius 2 is 2.42 bits per heavy atom. The Balaban J connectivity index is 2.57. The lowest BCUT2D eigenvalue weighted by atomic mass is 10.2. The highest BCUT2D eigenvalue weighted by molar-refractivity contribution is 5.84. The van der Waals surface area contributed by atoms with Crippen molar-refractivity contribution < 1.29 is 0 Å². The van der Waals surface area contributed by atoms with E-state index in [0.29, 0.717) is 0 Å². The number of anilines is 1. The van der Waals surface area contributed by atoms with Crippen LogP contribution in [0.3, 0.4) is 0 Å². The van der Waals surface area contributed by atoms with Gasteiger partial charge in [0.25, 0.3) is 0 Å². The van der Waals surface area contributed by atoms with Crippen LogP contribution in [0.15, 0.2) is 24.8 Å². The number of hydrogen-bond acceptors (Lipinski definition) is 3. The van der Waals surface area contributed by atoms with Crippen LogP contribution in [0.2, 0.25) is 0 Å². The lowest BCUT2D eigenvalue weighted by molar-refractivity contribution is 0.943. The second-order valence-corrected chi connectivity index (χ2v) is 2.64. The molecule has 4 nitrogen and oxygen atoms in total. The van der Waals surface area contributed by atoms with Crippen molar-refractivity contribution in [1.82, 2.24) is 14.6 Å². The summed E-state index contributed by atoms with van der Waals surface area (Å²) in [4.78, 5) is 4.22. The van der Waals surface area contributed by atoms with Gasteiger partial charge in [0, 0.05) is 18.6 Å². The summed E-state index contributed by atoms with van der Waals surface area (Å²) in [6, 6.07) is 0. The fraction of sp³-hybridized carbons (Fsp3) is 0. The summed E-state index contributed by atoms with van der Waals surface area (Å²) in [5.74, 6) is 0. The van der Waals surface area contributed by atoms with E-state index in [9.17, 15) is 0 Å². The Kier molecular flexibility index (Phi) is 0.889. The summed E-state index contributed by atoms with van der Waals surface area (Å²) in [7, 11) is 0. The third-order valence-electron chi connectivity index (χ3n) is 1.94. The Morgan fingerprint density at radius 1 is 1.42 bits per heavy atom. The van der Waals surface area contributed by atoms with Crippen molar-refractivity contribution >= 4 is 17.3 Å². The van der Waals surface area contributed by atoms with Gasteiger partial charge in [0.1, 0.15) is 5.52 Å². The molecule has 0 fully saturated rings. The van der Waals surface area contributed by atoms with Gasteiger partial charge in [0.05, 0.1) is 17.6 Å². The van der Waals surface area contributed by atoms with Crippen molar-refractivity contribution in [2.24, 2.45) is 0 Å². The van der Waals surface area contributed by atoms with Crippen LogP contribution in [-0.4, -0.2) is 14.6 Å². The van der Waals surface area contributed by atoms with Gasteiger partial charge in [-0.25, -0.2) is 4.52 Å². The van der Waals surface area contributed by atoms with E-state index in [4.69, 9.17) is 0 Å². The van der Waals surface area contributed by atoms with Crippen LogP contribution in [0.1, 0.15) is 5.69 Å². The molecular formula is C8H6N4. The van der Waals surface area contributed by atoms with Crippen molar-refractivity contribution in [3.05, 3.63) is 30.5 Å². The smallest absolute Gasteiger partial charge is 0.115 e. The molecule has 12 heavy (non-hydrogen) atoms. The minimum atomic E-state index is 0.962. The maximum atomic E-state index is 4.22. The highest BCUT2D eigenvalue weighted by Gasteiger charge is 2.09. The van der Waals surface area contributed by atoms with Crippen LogP contribution in [0, 0.1) is 0 Å². The zero-order chi connectivity index (χ0) is 7.97. The molecule has 1 aliphatic rings. The molecule has 3 heterocycles. The van der Waals surface area contributed by atoms with E-state index in [2.05, 4.69) is 15.4 Å². The zero-order valence-electron chi connectivity index (χ0n) is 6.23. The van der Waals surface area contributed by atoms with E-state index < -0.39 is 0 Å². The molecule has 2 aromatic heterocycles. The number of nitrogens with one attached hydrogen (secondary N) is 1. The molecule has 1 aliphatic heterocycles. The summed E-state index contributed by atoms with van der Waals surface area (Å²) >= 11 is 0.